The Morgan fingerprint density at radius 2 is 2.21 bits per heavy atom. The highest BCUT2D eigenvalue weighted by Crippen LogP contribution is 2.27. The summed E-state index contributed by atoms with van der Waals surface area (Å²) in [4.78, 5) is 23.2. The van der Waals surface area contributed by atoms with Crippen LogP contribution in [0.25, 0.3) is 0 Å². The molecule has 1 aliphatic heterocycles. The Labute approximate surface area is 116 Å². The molecule has 19 heavy (non-hydrogen) atoms. The van der Waals surface area contributed by atoms with E-state index in [0.717, 1.165) is 13.0 Å². The van der Waals surface area contributed by atoms with Gasteiger partial charge >= 0.3 is 0 Å². The van der Waals surface area contributed by atoms with Gasteiger partial charge in [-0.3, -0.25) is 9.59 Å². The summed E-state index contributed by atoms with van der Waals surface area (Å²) in [5.41, 5.74) is 5.57. The van der Waals surface area contributed by atoms with Gasteiger partial charge in [-0.1, -0.05) is 11.6 Å². The number of nitrogens with two attached hydrogens (primary N) is 1. The lowest BCUT2D eigenvalue weighted by atomic mass is 9.89. The Kier molecular flexibility index (Phi) is 3.78. The van der Waals surface area contributed by atoms with E-state index in [2.05, 4.69) is 10.6 Å². The van der Waals surface area contributed by atoms with Crippen LogP contribution in [0.3, 0.4) is 0 Å². The first-order valence-corrected chi connectivity index (χ1v) is 6.42. The van der Waals surface area contributed by atoms with Crippen molar-refractivity contribution in [1.82, 2.24) is 5.32 Å². The third-order valence-corrected chi connectivity index (χ3v) is 3.72. The van der Waals surface area contributed by atoms with E-state index in [1.807, 2.05) is 6.92 Å². The van der Waals surface area contributed by atoms with Gasteiger partial charge in [-0.05, 0) is 38.1 Å². The monoisotopic (exact) mass is 281 g/mol. The first kappa shape index (κ1) is 13.8. The van der Waals surface area contributed by atoms with Crippen molar-refractivity contribution in [2.24, 2.45) is 11.1 Å². The fourth-order valence-corrected chi connectivity index (χ4v) is 2.36. The molecule has 2 rings (SSSR count). The van der Waals surface area contributed by atoms with Gasteiger partial charge in [0.2, 0.25) is 11.8 Å². The lowest BCUT2D eigenvalue weighted by Crippen LogP contribution is -2.35. The minimum Gasteiger partial charge on any atom is -0.366 e. The van der Waals surface area contributed by atoms with Crippen LogP contribution in [0, 0.1) is 5.41 Å². The fourth-order valence-electron chi connectivity index (χ4n) is 2.09. The van der Waals surface area contributed by atoms with Crippen molar-refractivity contribution in [2.45, 2.75) is 13.3 Å². The summed E-state index contributed by atoms with van der Waals surface area (Å²) in [6.07, 6.45) is 0.798. The predicted octanol–water partition coefficient (Wildman–Crippen LogP) is 1.38. The van der Waals surface area contributed by atoms with Crippen LogP contribution in [0.1, 0.15) is 23.7 Å². The van der Waals surface area contributed by atoms with Crippen molar-refractivity contribution in [3.63, 3.8) is 0 Å². The number of amides is 2. The molecule has 1 atom stereocenters. The SMILES string of the molecule is CC1(C(=O)Nc2ccc(C(N)=O)c(Cl)c2)CCNC1. The van der Waals surface area contributed by atoms with Gasteiger partial charge < -0.3 is 16.4 Å². The summed E-state index contributed by atoms with van der Waals surface area (Å²) < 4.78 is 0. The molecule has 0 bridgehead atoms. The van der Waals surface area contributed by atoms with Crippen LogP contribution in [-0.4, -0.2) is 24.9 Å². The largest absolute Gasteiger partial charge is 0.366 e. The average Bonchev–Trinajstić information content (AvgIpc) is 2.77. The number of primary amides is 1. The maximum absolute atomic E-state index is 12.2. The maximum Gasteiger partial charge on any atom is 0.250 e. The number of hydrogen-bond donors (Lipinski definition) is 3. The zero-order valence-corrected chi connectivity index (χ0v) is 11.4. The first-order chi connectivity index (χ1) is 8.92. The van der Waals surface area contributed by atoms with Gasteiger partial charge in [0.25, 0.3) is 0 Å². The number of hydrogen-bond acceptors (Lipinski definition) is 3. The number of halogens is 1. The van der Waals surface area contributed by atoms with E-state index in [-0.39, 0.29) is 16.5 Å². The molecule has 1 heterocycles. The average molecular weight is 282 g/mol. The van der Waals surface area contributed by atoms with Crippen molar-refractivity contribution < 1.29 is 9.59 Å². The third-order valence-electron chi connectivity index (χ3n) is 3.41. The zero-order valence-electron chi connectivity index (χ0n) is 10.6. The fraction of sp³-hybridized carbons (Fsp3) is 0.385. The van der Waals surface area contributed by atoms with E-state index in [1.165, 1.54) is 12.1 Å². The Morgan fingerprint density at radius 1 is 1.47 bits per heavy atom. The summed E-state index contributed by atoms with van der Waals surface area (Å²) in [6.45, 7) is 3.42. The van der Waals surface area contributed by atoms with Crippen LogP contribution >= 0.6 is 11.6 Å². The normalized spacial score (nSPS) is 22.2. The summed E-state index contributed by atoms with van der Waals surface area (Å²) in [7, 11) is 0. The van der Waals surface area contributed by atoms with E-state index in [0.29, 0.717) is 12.2 Å². The highest BCUT2D eigenvalue weighted by molar-refractivity contribution is 6.34. The quantitative estimate of drug-likeness (QED) is 0.782. The zero-order chi connectivity index (χ0) is 14.0. The highest BCUT2D eigenvalue weighted by Gasteiger charge is 2.36. The van der Waals surface area contributed by atoms with Crippen LogP contribution in [-0.2, 0) is 4.79 Å². The number of nitrogens with one attached hydrogen (secondary N) is 2. The molecule has 1 unspecified atom stereocenters. The van der Waals surface area contributed by atoms with E-state index >= 15 is 0 Å². The van der Waals surface area contributed by atoms with E-state index < -0.39 is 11.3 Å². The van der Waals surface area contributed by atoms with Crippen LogP contribution in [0.5, 0.6) is 0 Å². The predicted molar refractivity (Wildman–Crippen MR) is 74.2 cm³/mol. The van der Waals surface area contributed by atoms with Gasteiger partial charge in [0.1, 0.15) is 0 Å². The number of carbonyl (C=O) groups excluding carboxylic acids is 2. The van der Waals surface area contributed by atoms with Gasteiger partial charge in [-0.2, -0.15) is 0 Å². The molecule has 1 aromatic rings. The first-order valence-electron chi connectivity index (χ1n) is 6.04. The van der Waals surface area contributed by atoms with Gasteiger partial charge in [0.05, 0.1) is 16.0 Å². The molecule has 0 radical (unpaired) electrons. The number of benzene rings is 1. The molecule has 0 saturated carbocycles. The Morgan fingerprint density at radius 3 is 2.74 bits per heavy atom. The Bertz CT molecular complexity index is 525. The second-order valence-corrected chi connectivity index (χ2v) is 5.41. The summed E-state index contributed by atoms with van der Waals surface area (Å²) in [6, 6.07) is 4.66. The molecule has 0 spiro atoms. The van der Waals surface area contributed by atoms with Crippen molar-refractivity contribution in [3.05, 3.63) is 28.8 Å². The summed E-state index contributed by atoms with van der Waals surface area (Å²) in [5, 5.41) is 6.22. The van der Waals surface area contributed by atoms with E-state index in [9.17, 15) is 9.59 Å². The number of carbonyl (C=O) groups is 2. The Balaban J connectivity index is 2.13. The molecular weight excluding hydrogens is 266 g/mol. The summed E-state index contributed by atoms with van der Waals surface area (Å²) in [5.74, 6) is -0.643. The van der Waals surface area contributed by atoms with Crippen molar-refractivity contribution in [3.8, 4) is 0 Å². The van der Waals surface area contributed by atoms with Crippen LogP contribution in [0.4, 0.5) is 5.69 Å². The standard InChI is InChI=1S/C13H16ClN3O2/c1-13(4-5-16-7-13)12(19)17-8-2-3-9(11(15)18)10(14)6-8/h2-3,6,16H,4-5,7H2,1H3,(H2,15,18)(H,17,19). The topological polar surface area (TPSA) is 84.2 Å². The van der Waals surface area contributed by atoms with Gasteiger partial charge in [0.15, 0.2) is 0 Å². The van der Waals surface area contributed by atoms with Crippen LogP contribution in [0.15, 0.2) is 18.2 Å². The molecule has 102 valence electrons. The van der Waals surface area contributed by atoms with E-state index in [4.69, 9.17) is 17.3 Å². The minimum absolute atomic E-state index is 0.0552. The molecular formula is C13H16ClN3O2. The van der Waals surface area contributed by atoms with E-state index in [1.54, 1.807) is 6.07 Å². The van der Waals surface area contributed by atoms with Gasteiger partial charge in [-0.25, -0.2) is 0 Å². The molecule has 1 saturated heterocycles. The van der Waals surface area contributed by atoms with Crippen molar-refractivity contribution >= 4 is 29.1 Å². The molecule has 4 N–H and O–H groups in total. The van der Waals surface area contributed by atoms with Crippen molar-refractivity contribution in [2.75, 3.05) is 18.4 Å². The lowest BCUT2D eigenvalue weighted by Gasteiger charge is -2.21. The Hall–Kier alpha value is -1.59. The molecule has 5 nitrogen and oxygen atoms in total. The molecule has 2 amide bonds. The van der Waals surface area contributed by atoms with Gasteiger partial charge in [0, 0.05) is 12.2 Å². The minimum atomic E-state index is -0.588. The molecule has 6 heteroatoms. The second-order valence-electron chi connectivity index (χ2n) is 5.00. The lowest BCUT2D eigenvalue weighted by molar-refractivity contribution is -0.123. The number of rotatable bonds is 3. The number of anilines is 1. The smallest absolute Gasteiger partial charge is 0.250 e. The molecule has 1 aliphatic rings. The molecule has 1 aromatic carbocycles. The molecule has 0 aliphatic carbocycles. The molecule has 1 fully saturated rings. The third kappa shape index (κ3) is 2.88. The summed E-state index contributed by atoms with van der Waals surface area (Å²) >= 11 is 5.94. The maximum atomic E-state index is 12.2. The van der Waals surface area contributed by atoms with Crippen LogP contribution in [0.2, 0.25) is 5.02 Å². The van der Waals surface area contributed by atoms with Gasteiger partial charge in [-0.15, -0.1) is 0 Å². The van der Waals surface area contributed by atoms with Crippen LogP contribution < -0.4 is 16.4 Å². The highest BCUT2D eigenvalue weighted by atomic mass is 35.5. The van der Waals surface area contributed by atoms with Crippen molar-refractivity contribution in [1.29, 1.82) is 0 Å². The second kappa shape index (κ2) is 5.19. The molecule has 0 aromatic heterocycles.